The lowest BCUT2D eigenvalue weighted by Crippen LogP contribution is -2.51. The van der Waals surface area contributed by atoms with Gasteiger partial charge in [0.15, 0.2) is 5.96 Å². The van der Waals surface area contributed by atoms with Crippen molar-refractivity contribution in [2.75, 3.05) is 32.4 Å². The Kier molecular flexibility index (Phi) is 9.61. The average molecular weight is 387 g/mol. The van der Waals surface area contributed by atoms with Gasteiger partial charge in [-0.1, -0.05) is 13.8 Å². The predicted octanol–water partition coefficient (Wildman–Crippen LogP) is 2.13. The molecule has 1 fully saturated rings. The summed E-state index contributed by atoms with van der Waals surface area (Å²) in [5.41, 5.74) is 0. The van der Waals surface area contributed by atoms with Gasteiger partial charge in [0.25, 0.3) is 0 Å². The van der Waals surface area contributed by atoms with Gasteiger partial charge in [-0.15, -0.1) is 0 Å². The van der Waals surface area contributed by atoms with Crippen LogP contribution in [0.4, 0.5) is 0 Å². The third kappa shape index (κ3) is 7.25. The molecule has 1 aliphatic rings. The Morgan fingerprint density at radius 3 is 2.27 bits per heavy atom. The molecule has 26 heavy (non-hydrogen) atoms. The van der Waals surface area contributed by atoms with Crippen LogP contribution in [0.1, 0.15) is 60.3 Å². The minimum Gasteiger partial charge on any atom is -0.355 e. The summed E-state index contributed by atoms with van der Waals surface area (Å²) in [6.07, 6.45) is 3.70. The van der Waals surface area contributed by atoms with E-state index < -0.39 is 10.8 Å². The van der Waals surface area contributed by atoms with E-state index in [9.17, 15) is 9.00 Å². The Morgan fingerprint density at radius 1 is 1.23 bits per heavy atom. The molecule has 1 heterocycles. The second kappa shape index (κ2) is 10.9. The number of hydrogen-bond acceptors (Lipinski definition) is 3. The molecule has 1 saturated heterocycles. The number of hydrogen-bond donors (Lipinski definition) is 2. The Hall–Kier alpha value is -1.11. The molecule has 2 N–H and O–H groups in total. The fourth-order valence-electron chi connectivity index (χ4n) is 3.10. The summed E-state index contributed by atoms with van der Waals surface area (Å²) in [5, 5.41) is 6.69. The molecule has 7 heteroatoms. The van der Waals surface area contributed by atoms with Gasteiger partial charge < -0.3 is 15.5 Å². The minimum absolute atomic E-state index is 0.164. The summed E-state index contributed by atoms with van der Waals surface area (Å²) in [6, 6.07) is 0.320. The van der Waals surface area contributed by atoms with E-state index >= 15 is 0 Å². The monoisotopic (exact) mass is 386 g/mol. The molecule has 0 aliphatic carbocycles. The Bertz CT molecular complexity index is 490. The number of nitrogens with one attached hydrogen (secondary N) is 2. The number of rotatable bonds is 7. The van der Waals surface area contributed by atoms with Gasteiger partial charge in [0.2, 0.25) is 5.91 Å². The number of nitrogens with zero attached hydrogens (tertiary/aromatic N) is 2. The van der Waals surface area contributed by atoms with Crippen LogP contribution in [0, 0.1) is 5.92 Å². The lowest BCUT2D eigenvalue weighted by Gasteiger charge is -2.34. The lowest BCUT2D eigenvalue weighted by molar-refractivity contribution is -0.136. The summed E-state index contributed by atoms with van der Waals surface area (Å²) in [4.78, 5) is 18.7. The average Bonchev–Trinajstić information content (AvgIpc) is 2.61. The van der Waals surface area contributed by atoms with Crippen molar-refractivity contribution in [1.82, 2.24) is 15.5 Å². The third-order valence-corrected chi connectivity index (χ3v) is 6.91. The van der Waals surface area contributed by atoms with Crippen LogP contribution in [-0.4, -0.2) is 64.2 Å². The number of guanidine groups is 1. The van der Waals surface area contributed by atoms with Gasteiger partial charge >= 0.3 is 0 Å². The van der Waals surface area contributed by atoms with E-state index in [-0.39, 0.29) is 10.7 Å². The van der Waals surface area contributed by atoms with Crippen LogP contribution >= 0.6 is 0 Å². The highest BCUT2D eigenvalue weighted by atomic mass is 32.2. The highest BCUT2D eigenvalue weighted by Gasteiger charge is 2.27. The first-order valence-electron chi connectivity index (χ1n) is 9.87. The minimum atomic E-state index is -0.868. The number of carbonyl (C=O) groups is 1. The van der Waals surface area contributed by atoms with Crippen LogP contribution in [0.5, 0.6) is 0 Å². The molecule has 0 saturated carbocycles. The zero-order chi connectivity index (χ0) is 19.7. The molecule has 1 amide bonds. The maximum absolute atomic E-state index is 12.5. The Balaban J connectivity index is 2.38. The highest BCUT2D eigenvalue weighted by Crippen LogP contribution is 2.17. The van der Waals surface area contributed by atoms with Gasteiger partial charge in [-0.25, -0.2) is 0 Å². The largest absolute Gasteiger partial charge is 0.355 e. The van der Waals surface area contributed by atoms with Crippen molar-refractivity contribution in [2.24, 2.45) is 10.9 Å². The van der Waals surface area contributed by atoms with E-state index in [0.29, 0.717) is 24.2 Å². The predicted molar refractivity (Wildman–Crippen MR) is 111 cm³/mol. The molecule has 0 spiro atoms. The zero-order valence-electron chi connectivity index (χ0n) is 17.4. The maximum atomic E-state index is 12.5. The van der Waals surface area contributed by atoms with Gasteiger partial charge in [0, 0.05) is 59.9 Å². The summed E-state index contributed by atoms with van der Waals surface area (Å²) < 4.78 is 11.9. The van der Waals surface area contributed by atoms with Crippen LogP contribution in [0.3, 0.4) is 0 Å². The molecule has 0 aromatic rings. The fourth-order valence-corrected chi connectivity index (χ4v) is 4.00. The van der Waals surface area contributed by atoms with Crippen molar-refractivity contribution in [3.05, 3.63) is 0 Å². The van der Waals surface area contributed by atoms with Gasteiger partial charge in [-0.3, -0.25) is 14.0 Å². The maximum Gasteiger partial charge on any atom is 0.225 e. The van der Waals surface area contributed by atoms with Crippen LogP contribution in [0.15, 0.2) is 4.99 Å². The van der Waals surface area contributed by atoms with E-state index in [2.05, 4.69) is 29.5 Å². The molecule has 0 aromatic heterocycles. The second-order valence-electron chi connectivity index (χ2n) is 7.92. The molecular formula is C19H38N4O2S. The van der Waals surface area contributed by atoms with E-state index in [4.69, 9.17) is 0 Å². The first kappa shape index (κ1) is 22.9. The van der Waals surface area contributed by atoms with E-state index in [1.807, 2.05) is 25.7 Å². The SMILES string of the molecule is CCC(CC)C(=O)N1CCC(NC(=NC)NCCS(=O)C(C)(C)C)CC1. The summed E-state index contributed by atoms with van der Waals surface area (Å²) >= 11 is 0. The van der Waals surface area contributed by atoms with E-state index in [0.717, 1.165) is 44.7 Å². The third-order valence-electron chi connectivity index (χ3n) is 4.97. The lowest BCUT2D eigenvalue weighted by atomic mass is 9.98. The van der Waals surface area contributed by atoms with Gasteiger partial charge in [-0.05, 0) is 46.5 Å². The number of aliphatic imine (C=N–C) groups is 1. The topological polar surface area (TPSA) is 73.8 Å². The van der Waals surface area contributed by atoms with Crippen LogP contribution in [-0.2, 0) is 15.6 Å². The molecule has 1 unspecified atom stereocenters. The number of amides is 1. The molecular weight excluding hydrogens is 348 g/mol. The molecule has 1 atom stereocenters. The quantitative estimate of drug-likeness (QED) is 0.519. The van der Waals surface area contributed by atoms with Crippen molar-refractivity contribution >= 4 is 22.7 Å². The Labute approximate surface area is 162 Å². The first-order valence-corrected chi connectivity index (χ1v) is 11.2. The first-order chi connectivity index (χ1) is 12.2. The van der Waals surface area contributed by atoms with Crippen molar-refractivity contribution < 1.29 is 9.00 Å². The zero-order valence-corrected chi connectivity index (χ0v) is 18.2. The fraction of sp³-hybridized carbons (Fsp3) is 0.895. The van der Waals surface area contributed by atoms with Gasteiger partial charge in [0.05, 0.1) is 0 Å². The molecule has 0 radical (unpaired) electrons. The number of likely N-dealkylation sites (tertiary alicyclic amines) is 1. The molecule has 152 valence electrons. The standard InChI is InChI=1S/C19H38N4O2S/c1-7-15(8-2)17(24)23-12-9-16(10-13-23)22-18(20-6)21-11-14-26(25)19(3,4)5/h15-16H,7-14H2,1-6H3,(H2,20,21,22). The van der Waals surface area contributed by atoms with E-state index in [1.54, 1.807) is 7.05 Å². The van der Waals surface area contributed by atoms with Crippen LogP contribution in [0.2, 0.25) is 0 Å². The van der Waals surface area contributed by atoms with Crippen LogP contribution in [0.25, 0.3) is 0 Å². The molecule has 0 bridgehead atoms. The van der Waals surface area contributed by atoms with Gasteiger partial charge in [0.1, 0.15) is 0 Å². The molecule has 1 rings (SSSR count). The highest BCUT2D eigenvalue weighted by molar-refractivity contribution is 7.86. The van der Waals surface area contributed by atoms with Crippen molar-refractivity contribution in [3.8, 4) is 0 Å². The number of carbonyl (C=O) groups excluding carboxylic acids is 1. The number of piperidine rings is 1. The van der Waals surface area contributed by atoms with Crippen LogP contribution < -0.4 is 10.6 Å². The van der Waals surface area contributed by atoms with Crippen molar-refractivity contribution in [3.63, 3.8) is 0 Å². The summed E-state index contributed by atoms with van der Waals surface area (Å²) in [6.45, 7) is 12.4. The van der Waals surface area contributed by atoms with Crippen molar-refractivity contribution in [2.45, 2.75) is 71.1 Å². The Morgan fingerprint density at radius 2 is 1.81 bits per heavy atom. The molecule has 1 aliphatic heterocycles. The molecule has 0 aromatic carbocycles. The summed E-state index contributed by atoms with van der Waals surface area (Å²) in [5.74, 6) is 1.82. The van der Waals surface area contributed by atoms with E-state index in [1.165, 1.54) is 0 Å². The summed E-state index contributed by atoms with van der Waals surface area (Å²) in [7, 11) is 0.883. The molecule has 6 nitrogen and oxygen atoms in total. The smallest absolute Gasteiger partial charge is 0.225 e. The van der Waals surface area contributed by atoms with Gasteiger partial charge in [-0.2, -0.15) is 0 Å². The second-order valence-corrected chi connectivity index (χ2v) is 10.2. The van der Waals surface area contributed by atoms with Crippen molar-refractivity contribution in [1.29, 1.82) is 0 Å². The normalized spacial score (nSPS) is 18.1.